The molecule has 0 aliphatic rings. The van der Waals surface area contributed by atoms with Crippen molar-refractivity contribution in [1.82, 2.24) is 5.32 Å². The number of hydrogen-bond donors (Lipinski definition) is 2. The Bertz CT molecular complexity index is 443. The lowest BCUT2D eigenvalue weighted by atomic mass is 10.1. The Kier molecular flexibility index (Phi) is 4.45. The van der Waals surface area contributed by atoms with Crippen molar-refractivity contribution in [2.45, 2.75) is 20.4 Å². The summed E-state index contributed by atoms with van der Waals surface area (Å²) < 4.78 is 0. The molecule has 0 atom stereocenters. The first-order chi connectivity index (χ1) is 8.06. The van der Waals surface area contributed by atoms with Crippen LogP contribution in [0.3, 0.4) is 0 Å². The number of aliphatic imine (C=N–C) groups is 1. The molecular weight excluding hydrogens is 220 g/mol. The summed E-state index contributed by atoms with van der Waals surface area (Å²) >= 11 is 0. The minimum absolute atomic E-state index is 0.111. The molecule has 0 bridgehead atoms. The van der Waals surface area contributed by atoms with Gasteiger partial charge in [-0.25, -0.2) is 4.99 Å². The van der Waals surface area contributed by atoms with E-state index in [0.29, 0.717) is 24.6 Å². The molecule has 0 unspecified atom stereocenters. The van der Waals surface area contributed by atoms with Gasteiger partial charge in [-0.15, -0.1) is 0 Å². The lowest BCUT2D eigenvalue weighted by Gasteiger charge is -2.05. The van der Waals surface area contributed by atoms with Gasteiger partial charge in [-0.1, -0.05) is 12.1 Å². The molecule has 0 aromatic heterocycles. The maximum absolute atomic E-state index is 10.7. The van der Waals surface area contributed by atoms with Crippen LogP contribution in [0.2, 0.25) is 0 Å². The Balaban J connectivity index is 2.89. The number of nitro groups is 1. The van der Waals surface area contributed by atoms with Gasteiger partial charge in [0.15, 0.2) is 5.96 Å². The Morgan fingerprint density at radius 1 is 1.59 bits per heavy atom. The molecule has 0 saturated carbocycles. The van der Waals surface area contributed by atoms with Crippen LogP contribution in [0.4, 0.5) is 5.69 Å². The van der Waals surface area contributed by atoms with Gasteiger partial charge in [0.05, 0.1) is 11.5 Å². The SMILES string of the molecule is CCNC(N)=NCc1cccc([N+](=O)[O-])c1C. The summed E-state index contributed by atoms with van der Waals surface area (Å²) in [5.41, 5.74) is 7.13. The fourth-order valence-corrected chi connectivity index (χ4v) is 1.45. The molecule has 1 aromatic carbocycles. The van der Waals surface area contributed by atoms with Crippen LogP contribution in [0.15, 0.2) is 23.2 Å². The van der Waals surface area contributed by atoms with Gasteiger partial charge >= 0.3 is 0 Å². The van der Waals surface area contributed by atoms with Crippen LogP contribution in [-0.4, -0.2) is 17.4 Å². The van der Waals surface area contributed by atoms with Crippen molar-refractivity contribution in [2.24, 2.45) is 10.7 Å². The quantitative estimate of drug-likeness (QED) is 0.357. The third-order valence-corrected chi connectivity index (χ3v) is 2.39. The van der Waals surface area contributed by atoms with Crippen LogP contribution >= 0.6 is 0 Å². The summed E-state index contributed by atoms with van der Waals surface area (Å²) in [6.07, 6.45) is 0. The Morgan fingerprint density at radius 3 is 2.88 bits per heavy atom. The first kappa shape index (κ1) is 13.0. The summed E-state index contributed by atoms with van der Waals surface area (Å²) in [5.74, 6) is 0.346. The molecule has 0 amide bonds. The van der Waals surface area contributed by atoms with Crippen LogP contribution in [0.5, 0.6) is 0 Å². The normalized spacial score (nSPS) is 11.3. The third-order valence-electron chi connectivity index (χ3n) is 2.39. The second-order valence-electron chi connectivity index (χ2n) is 3.55. The van der Waals surface area contributed by atoms with Gasteiger partial charge in [0.2, 0.25) is 0 Å². The van der Waals surface area contributed by atoms with E-state index >= 15 is 0 Å². The summed E-state index contributed by atoms with van der Waals surface area (Å²) in [7, 11) is 0. The monoisotopic (exact) mass is 236 g/mol. The van der Waals surface area contributed by atoms with Crippen molar-refractivity contribution >= 4 is 11.6 Å². The maximum Gasteiger partial charge on any atom is 0.272 e. The standard InChI is InChI=1S/C11H16N4O2/c1-3-13-11(12)14-7-9-5-4-6-10(8(9)2)15(16)17/h4-6H,3,7H2,1-2H3,(H3,12,13,14). The Hall–Kier alpha value is -2.11. The molecule has 3 N–H and O–H groups in total. The summed E-state index contributed by atoms with van der Waals surface area (Å²) in [5, 5.41) is 13.6. The van der Waals surface area contributed by atoms with Crippen LogP contribution < -0.4 is 11.1 Å². The molecular formula is C11H16N4O2. The molecule has 1 aromatic rings. The number of nitro benzene ring substituents is 1. The molecule has 0 aliphatic carbocycles. The number of guanidine groups is 1. The van der Waals surface area contributed by atoms with Crippen molar-refractivity contribution in [3.8, 4) is 0 Å². The number of nitrogens with two attached hydrogens (primary N) is 1. The van der Waals surface area contributed by atoms with Gasteiger partial charge in [-0.2, -0.15) is 0 Å². The average molecular weight is 236 g/mol. The molecule has 0 fully saturated rings. The van der Waals surface area contributed by atoms with Gasteiger partial charge < -0.3 is 11.1 Å². The molecule has 1 rings (SSSR count). The first-order valence-corrected chi connectivity index (χ1v) is 5.33. The largest absolute Gasteiger partial charge is 0.370 e. The van der Waals surface area contributed by atoms with Crippen molar-refractivity contribution in [3.63, 3.8) is 0 Å². The van der Waals surface area contributed by atoms with Crippen LogP contribution in [0, 0.1) is 17.0 Å². The fourth-order valence-electron chi connectivity index (χ4n) is 1.45. The van der Waals surface area contributed by atoms with Gasteiger partial charge in [0.1, 0.15) is 0 Å². The lowest BCUT2D eigenvalue weighted by Crippen LogP contribution is -2.31. The van der Waals surface area contributed by atoms with Crippen LogP contribution in [0.1, 0.15) is 18.1 Å². The van der Waals surface area contributed by atoms with E-state index in [1.165, 1.54) is 6.07 Å². The molecule has 17 heavy (non-hydrogen) atoms. The van der Waals surface area contributed by atoms with Gasteiger partial charge in [0.25, 0.3) is 5.69 Å². The van der Waals surface area contributed by atoms with Crippen molar-refractivity contribution in [1.29, 1.82) is 0 Å². The third kappa shape index (κ3) is 3.44. The van der Waals surface area contributed by atoms with Crippen molar-refractivity contribution < 1.29 is 4.92 Å². The van der Waals surface area contributed by atoms with Gasteiger partial charge in [-0.05, 0) is 19.4 Å². The van der Waals surface area contributed by atoms with Gasteiger partial charge in [-0.3, -0.25) is 10.1 Å². The van der Waals surface area contributed by atoms with E-state index in [2.05, 4.69) is 10.3 Å². The van der Waals surface area contributed by atoms with Gasteiger partial charge in [0, 0.05) is 18.2 Å². The van der Waals surface area contributed by atoms with Crippen LogP contribution in [-0.2, 0) is 6.54 Å². The average Bonchev–Trinajstić information content (AvgIpc) is 2.27. The predicted molar refractivity (Wildman–Crippen MR) is 66.8 cm³/mol. The number of rotatable bonds is 4. The number of hydrogen-bond acceptors (Lipinski definition) is 3. The smallest absolute Gasteiger partial charge is 0.272 e. The minimum Gasteiger partial charge on any atom is -0.370 e. The van der Waals surface area contributed by atoms with Crippen LogP contribution in [0.25, 0.3) is 0 Å². The highest BCUT2D eigenvalue weighted by Crippen LogP contribution is 2.21. The molecule has 0 saturated heterocycles. The number of benzene rings is 1. The van der Waals surface area contributed by atoms with E-state index in [-0.39, 0.29) is 5.69 Å². The van der Waals surface area contributed by atoms with Crippen molar-refractivity contribution in [3.05, 3.63) is 39.4 Å². The molecule has 92 valence electrons. The predicted octanol–water partition coefficient (Wildman–Crippen LogP) is 1.33. The molecule has 0 spiro atoms. The zero-order valence-corrected chi connectivity index (χ0v) is 9.93. The number of nitrogens with zero attached hydrogens (tertiary/aromatic N) is 2. The number of nitrogens with one attached hydrogen (secondary N) is 1. The zero-order chi connectivity index (χ0) is 12.8. The minimum atomic E-state index is -0.393. The van der Waals surface area contributed by atoms with E-state index in [4.69, 9.17) is 5.73 Å². The van der Waals surface area contributed by atoms with Crippen molar-refractivity contribution in [2.75, 3.05) is 6.54 Å². The highest BCUT2D eigenvalue weighted by Gasteiger charge is 2.12. The molecule has 0 radical (unpaired) electrons. The Labute approximate surface area is 99.7 Å². The van der Waals surface area contributed by atoms with E-state index in [9.17, 15) is 10.1 Å². The zero-order valence-electron chi connectivity index (χ0n) is 9.93. The second-order valence-corrected chi connectivity index (χ2v) is 3.55. The second kappa shape index (κ2) is 5.83. The van der Waals surface area contributed by atoms with E-state index in [1.54, 1.807) is 13.0 Å². The summed E-state index contributed by atoms with van der Waals surface area (Å²) in [6.45, 7) is 4.67. The summed E-state index contributed by atoms with van der Waals surface area (Å²) in [6, 6.07) is 4.95. The Morgan fingerprint density at radius 2 is 2.29 bits per heavy atom. The summed E-state index contributed by atoms with van der Waals surface area (Å²) in [4.78, 5) is 14.5. The van der Waals surface area contributed by atoms with E-state index < -0.39 is 4.92 Å². The molecule has 6 nitrogen and oxygen atoms in total. The molecule has 0 heterocycles. The fraction of sp³-hybridized carbons (Fsp3) is 0.364. The highest BCUT2D eigenvalue weighted by molar-refractivity contribution is 5.77. The topological polar surface area (TPSA) is 93.5 Å². The van der Waals surface area contributed by atoms with E-state index in [0.717, 1.165) is 5.56 Å². The van der Waals surface area contributed by atoms with E-state index in [1.807, 2.05) is 13.0 Å². The lowest BCUT2D eigenvalue weighted by molar-refractivity contribution is -0.385. The first-order valence-electron chi connectivity index (χ1n) is 5.33. The maximum atomic E-state index is 10.7. The molecule has 0 aliphatic heterocycles. The molecule has 6 heteroatoms. The highest BCUT2D eigenvalue weighted by atomic mass is 16.6.